The number of sulfone groups is 1. The van der Waals surface area contributed by atoms with Crippen molar-refractivity contribution in [3.63, 3.8) is 0 Å². The molecule has 0 amide bonds. The van der Waals surface area contributed by atoms with Gasteiger partial charge in [0, 0.05) is 42.2 Å². The summed E-state index contributed by atoms with van der Waals surface area (Å²) in [5.41, 5.74) is 8.32. The number of hydrogen-bond acceptors (Lipinski definition) is 14. The molecule has 1 atom stereocenters. The van der Waals surface area contributed by atoms with E-state index in [1.54, 1.807) is 24.3 Å². The van der Waals surface area contributed by atoms with Crippen LogP contribution in [0.25, 0.3) is 0 Å². The zero-order valence-electron chi connectivity index (χ0n) is 32.8. The third-order valence-electron chi connectivity index (χ3n) is 8.42. The Balaban J connectivity index is 1.06. The largest absolute Gasteiger partial charge is 0.379 e. The van der Waals surface area contributed by atoms with Crippen molar-refractivity contribution < 1.29 is 55.8 Å². The van der Waals surface area contributed by atoms with Crippen molar-refractivity contribution in [2.75, 3.05) is 158 Å². The predicted octanol–water partition coefficient (Wildman–Crippen LogP) is 3.86. The molecule has 3 rings (SSSR count). The van der Waals surface area contributed by atoms with Gasteiger partial charge >= 0.3 is 0 Å². The Morgan fingerprint density at radius 2 is 1.05 bits per heavy atom. The van der Waals surface area contributed by atoms with Crippen LogP contribution in [-0.4, -0.2) is 171 Å². The van der Waals surface area contributed by atoms with Gasteiger partial charge < -0.3 is 58.0 Å². The third-order valence-corrected chi connectivity index (χ3v) is 10.8. The maximum Gasteiger partial charge on any atom is 0.178 e. The molecule has 0 aliphatic carbocycles. The Morgan fingerprint density at radius 3 is 1.50 bits per heavy atom. The molecular weight excluding hydrogens is 791 g/mol. The number of halogens is 2. The molecule has 1 aliphatic rings. The zero-order chi connectivity index (χ0) is 40.1. The molecule has 0 radical (unpaired) electrons. The minimum Gasteiger partial charge on any atom is -0.379 e. The number of rotatable bonds is 35. The monoisotopic (exact) mass is 852 g/mol. The molecule has 14 nitrogen and oxygen atoms in total. The number of likely N-dealkylation sites (N-methyl/N-ethyl adjacent to an activating group) is 1. The number of ether oxygens (including phenoxy) is 10. The molecule has 0 aromatic heterocycles. The summed E-state index contributed by atoms with van der Waals surface area (Å²) < 4.78 is 81.0. The van der Waals surface area contributed by atoms with Gasteiger partial charge in [0.15, 0.2) is 9.84 Å². The summed E-state index contributed by atoms with van der Waals surface area (Å²) in [5.74, 6) is -0.0435. The second kappa shape index (κ2) is 30.5. The lowest BCUT2D eigenvalue weighted by Gasteiger charge is -2.33. The summed E-state index contributed by atoms with van der Waals surface area (Å²) in [6, 6.07) is 10.9. The van der Waals surface area contributed by atoms with E-state index in [1.807, 2.05) is 19.2 Å². The van der Waals surface area contributed by atoms with Gasteiger partial charge in [0.25, 0.3) is 0 Å². The Morgan fingerprint density at radius 1 is 0.625 bits per heavy atom. The smallest absolute Gasteiger partial charge is 0.178 e. The van der Waals surface area contributed by atoms with Gasteiger partial charge in [-0.05, 0) is 54.4 Å². The van der Waals surface area contributed by atoms with Gasteiger partial charge in [0.2, 0.25) is 0 Å². The third kappa shape index (κ3) is 21.0. The molecule has 0 bridgehead atoms. The maximum absolute atomic E-state index is 13.2. The molecule has 320 valence electrons. The van der Waals surface area contributed by atoms with Crippen LogP contribution in [-0.2, 0) is 63.8 Å². The fourth-order valence-corrected chi connectivity index (χ4v) is 7.59. The van der Waals surface area contributed by atoms with E-state index in [2.05, 4.69) is 4.90 Å². The lowest BCUT2D eigenvalue weighted by atomic mass is 9.85. The molecule has 2 aromatic carbocycles. The molecule has 1 aliphatic heterocycles. The summed E-state index contributed by atoms with van der Waals surface area (Å²) in [4.78, 5) is 2.48. The van der Waals surface area contributed by atoms with Crippen molar-refractivity contribution in [3.8, 4) is 0 Å². The van der Waals surface area contributed by atoms with E-state index in [0.717, 1.165) is 23.2 Å². The zero-order valence-corrected chi connectivity index (χ0v) is 35.1. The highest BCUT2D eigenvalue weighted by Gasteiger charge is 2.28. The Hall–Kier alpha value is -1.51. The molecule has 1 unspecified atom stereocenters. The molecule has 0 spiro atoms. The van der Waals surface area contributed by atoms with Crippen LogP contribution in [0, 0.1) is 0 Å². The molecule has 1 heterocycles. The summed E-state index contributed by atoms with van der Waals surface area (Å²) in [5, 5.41) is 1.20. The van der Waals surface area contributed by atoms with Crippen LogP contribution < -0.4 is 5.73 Å². The summed E-state index contributed by atoms with van der Waals surface area (Å²) in [6.07, 6.45) is 0.382. The predicted molar refractivity (Wildman–Crippen MR) is 215 cm³/mol. The van der Waals surface area contributed by atoms with Crippen molar-refractivity contribution in [2.45, 2.75) is 23.8 Å². The first kappa shape index (κ1) is 48.9. The van der Waals surface area contributed by atoms with E-state index >= 15 is 0 Å². The summed E-state index contributed by atoms with van der Waals surface area (Å²) in [7, 11) is -1.46. The normalized spacial score (nSPS) is 14.8. The molecule has 17 heteroatoms. The van der Waals surface area contributed by atoms with Gasteiger partial charge in [-0.2, -0.15) is 0 Å². The van der Waals surface area contributed by atoms with Crippen LogP contribution >= 0.6 is 23.2 Å². The Kier molecular flexibility index (Phi) is 26.6. The number of nitrogens with zero attached hydrogens (tertiary/aromatic N) is 1. The van der Waals surface area contributed by atoms with E-state index in [0.29, 0.717) is 167 Å². The highest BCUT2D eigenvalue weighted by Crippen LogP contribution is 2.38. The molecular formula is C39H62Cl2N2O12S. The summed E-state index contributed by atoms with van der Waals surface area (Å²) >= 11 is 12.8. The van der Waals surface area contributed by atoms with Crippen molar-refractivity contribution in [1.82, 2.24) is 4.90 Å². The van der Waals surface area contributed by atoms with Gasteiger partial charge in [-0.1, -0.05) is 35.3 Å². The van der Waals surface area contributed by atoms with E-state index in [4.69, 9.17) is 76.3 Å². The van der Waals surface area contributed by atoms with Gasteiger partial charge in [0.05, 0.1) is 136 Å². The number of nitrogens with two attached hydrogens (primary N) is 1. The second-order valence-corrected chi connectivity index (χ2v) is 15.8. The van der Waals surface area contributed by atoms with Gasteiger partial charge in [-0.3, -0.25) is 0 Å². The minimum absolute atomic E-state index is 0.00760. The molecule has 2 aromatic rings. The van der Waals surface area contributed by atoms with Gasteiger partial charge in [-0.15, -0.1) is 0 Å². The molecule has 2 N–H and O–H groups in total. The van der Waals surface area contributed by atoms with Crippen LogP contribution in [0.2, 0.25) is 10.0 Å². The Bertz CT molecular complexity index is 1430. The number of fused-ring (bicyclic) bond motifs is 1. The van der Waals surface area contributed by atoms with E-state index in [1.165, 1.54) is 0 Å². The molecule has 0 fully saturated rings. The van der Waals surface area contributed by atoms with Gasteiger partial charge in [0.1, 0.15) is 0 Å². The first-order valence-corrected chi connectivity index (χ1v) is 21.7. The van der Waals surface area contributed by atoms with Crippen LogP contribution in [0.1, 0.15) is 29.0 Å². The molecule has 0 saturated carbocycles. The van der Waals surface area contributed by atoms with Crippen molar-refractivity contribution in [2.24, 2.45) is 5.73 Å². The first-order chi connectivity index (χ1) is 27.3. The summed E-state index contributed by atoms with van der Waals surface area (Å²) in [6.45, 7) is 11.4. The molecule has 56 heavy (non-hydrogen) atoms. The number of hydrogen-bond donors (Lipinski definition) is 1. The second-order valence-electron chi connectivity index (χ2n) is 12.9. The van der Waals surface area contributed by atoms with Gasteiger partial charge in [-0.25, -0.2) is 8.42 Å². The van der Waals surface area contributed by atoms with Crippen LogP contribution in [0.15, 0.2) is 41.3 Å². The maximum atomic E-state index is 13.2. The van der Waals surface area contributed by atoms with E-state index < -0.39 is 9.84 Å². The number of benzene rings is 2. The van der Waals surface area contributed by atoms with Crippen LogP contribution in [0.3, 0.4) is 0 Å². The average Bonchev–Trinajstić information content (AvgIpc) is 3.18. The van der Waals surface area contributed by atoms with Crippen LogP contribution in [0.5, 0.6) is 0 Å². The fourth-order valence-electron chi connectivity index (χ4n) is 5.69. The quantitative estimate of drug-likeness (QED) is 0.0999. The fraction of sp³-hybridized carbons (Fsp3) is 0.692. The van der Waals surface area contributed by atoms with Crippen molar-refractivity contribution in [3.05, 3.63) is 63.1 Å². The van der Waals surface area contributed by atoms with Crippen molar-refractivity contribution >= 4 is 33.0 Å². The Labute approximate surface area is 343 Å². The van der Waals surface area contributed by atoms with E-state index in [9.17, 15) is 8.42 Å². The average molecular weight is 854 g/mol. The standard InChI is InChI=1S/C39H62Cl2N2O12S/c1-43-31-37(36-29-34(40)30-39(41)38(36)32-43)33-4-2-5-35(28-33)56(44,45)27-3-7-46-9-11-48-13-15-50-17-19-52-21-23-54-25-26-55-24-22-53-20-18-51-16-14-49-12-10-47-8-6-42/h2,4-5,28-30,37H,3,6-27,31-32,42H2,1H3. The first-order valence-electron chi connectivity index (χ1n) is 19.3. The lowest BCUT2D eigenvalue weighted by Crippen LogP contribution is -2.31. The van der Waals surface area contributed by atoms with Crippen molar-refractivity contribution in [1.29, 1.82) is 0 Å². The SMILES string of the molecule is CN1Cc2c(Cl)cc(Cl)cc2C(c2cccc(S(=O)(=O)CCCOCCOCCOCCOCCOCCOCCOCCOCCOCCOCCN)c2)C1. The minimum atomic E-state index is -3.49. The highest BCUT2D eigenvalue weighted by atomic mass is 35.5. The topological polar surface area (TPSA) is 156 Å². The molecule has 0 saturated heterocycles. The van der Waals surface area contributed by atoms with E-state index in [-0.39, 0.29) is 11.7 Å². The highest BCUT2D eigenvalue weighted by molar-refractivity contribution is 7.91. The van der Waals surface area contributed by atoms with Crippen LogP contribution in [0.4, 0.5) is 0 Å². The lowest BCUT2D eigenvalue weighted by molar-refractivity contribution is -0.0263.